The third-order valence-corrected chi connectivity index (χ3v) is 3.57. The number of rotatable bonds is 7. The van der Waals surface area contributed by atoms with Crippen molar-refractivity contribution in [3.05, 3.63) is 36.0 Å². The maximum Gasteiger partial charge on any atom is 0.326 e. The molecule has 0 spiro atoms. The Morgan fingerprint density at radius 1 is 1.21 bits per heavy atom. The number of hydrogen-bond donors (Lipinski definition) is 4. The number of aromatic amines is 1. The second-order valence-corrected chi connectivity index (χ2v) is 6.05. The van der Waals surface area contributed by atoms with Crippen LogP contribution in [0.25, 0.3) is 10.9 Å². The van der Waals surface area contributed by atoms with Gasteiger partial charge in [0.05, 0.1) is 6.54 Å². The van der Waals surface area contributed by atoms with Gasteiger partial charge >= 0.3 is 5.97 Å². The summed E-state index contributed by atoms with van der Waals surface area (Å²) in [5.41, 5.74) is 1.36. The summed E-state index contributed by atoms with van der Waals surface area (Å²) >= 11 is 0. The van der Waals surface area contributed by atoms with Crippen molar-refractivity contribution in [1.29, 1.82) is 0 Å². The highest BCUT2D eigenvalue weighted by molar-refractivity contribution is 5.99. The molecule has 1 heterocycles. The average molecular weight is 331 g/mol. The molecule has 2 aromatic rings. The molecule has 24 heavy (non-hydrogen) atoms. The summed E-state index contributed by atoms with van der Waals surface area (Å²) in [6.07, 6.45) is 2.11. The van der Waals surface area contributed by atoms with Gasteiger partial charge in [-0.2, -0.15) is 0 Å². The largest absolute Gasteiger partial charge is 0.480 e. The van der Waals surface area contributed by atoms with Crippen LogP contribution in [0.5, 0.6) is 0 Å². The van der Waals surface area contributed by atoms with Crippen molar-refractivity contribution < 1.29 is 19.5 Å². The fraction of sp³-hybridized carbons (Fsp3) is 0.353. The van der Waals surface area contributed by atoms with Crippen LogP contribution in [0, 0.1) is 5.92 Å². The van der Waals surface area contributed by atoms with E-state index in [0.29, 0.717) is 12.0 Å². The van der Waals surface area contributed by atoms with Crippen LogP contribution < -0.4 is 10.6 Å². The first-order chi connectivity index (χ1) is 11.4. The minimum Gasteiger partial charge on any atom is -0.480 e. The summed E-state index contributed by atoms with van der Waals surface area (Å²) in [5, 5.41) is 14.9. The molecule has 1 aromatic heterocycles. The number of carboxylic acid groups (broad SMARTS) is 1. The van der Waals surface area contributed by atoms with Crippen LogP contribution in [0.15, 0.2) is 30.5 Å². The van der Waals surface area contributed by atoms with Crippen molar-refractivity contribution in [3.63, 3.8) is 0 Å². The molecule has 128 valence electrons. The Kier molecular flexibility index (Phi) is 5.57. The van der Waals surface area contributed by atoms with Gasteiger partial charge in [-0.25, -0.2) is 4.79 Å². The van der Waals surface area contributed by atoms with Gasteiger partial charge in [-0.15, -0.1) is 0 Å². The van der Waals surface area contributed by atoms with Crippen LogP contribution >= 0.6 is 0 Å². The molecule has 2 amide bonds. The van der Waals surface area contributed by atoms with Gasteiger partial charge in [-0.05, 0) is 36.6 Å². The predicted octanol–water partition coefficient (Wildman–Crippen LogP) is 1.51. The number of nitrogens with one attached hydrogen (secondary N) is 3. The second kappa shape index (κ2) is 7.63. The molecule has 0 aliphatic rings. The first-order valence-electron chi connectivity index (χ1n) is 7.74. The molecule has 0 saturated heterocycles. The lowest BCUT2D eigenvalue weighted by Gasteiger charge is -2.16. The Morgan fingerprint density at radius 2 is 1.96 bits per heavy atom. The standard InChI is InChI=1S/C17H21N3O4/c1-10(2)7-14(17(23)24)20-15(21)9-19-16(22)12-3-4-13-11(8-12)5-6-18-13/h3-6,8,10,14,18H,7,9H2,1-2H3,(H,19,22)(H,20,21)(H,23,24)/t14-/m0/s1. The van der Waals surface area contributed by atoms with Crippen LogP contribution in [0.2, 0.25) is 0 Å². The molecular weight excluding hydrogens is 310 g/mol. The van der Waals surface area contributed by atoms with E-state index in [1.807, 2.05) is 19.9 Å². The Balaban J connectivity index is 1.90. The van der Waals surface area contributed by atoms with Crippen molar-refractivity contribution >= 4 is 28.7 Å². The van der Waals surface area contributed by atoms with E-state index in [0.717, 1.165) is 10.9 Å². The molecular formula is C17H21N3O4. The van der Waals surface area contributed by atoms with E-state index in [9.17, 15) is 14.4 Å². The Hall–Kier alpha value is -2.83. The van der Waals surface area contributed by atoms with Crippen LogP contribution in [-0.2, 0) is 9.59 Å². The lowest BCUT2D eigenvalue weighted by atomic mass is 10.0. The highest BCUT2D eigenvalue weighted by atomic mass is 16.4. The Labute approximate surface area is 139 Å². The van der Waals surface area contributed by atoms with Gasteiger partial charge in [0.15, 0.2) is 0 Å². The number of aliphatic carboxylic acids is 1. The molecule has 0 aliphatic heterocycles. The molecule has 7 nitrogen and oxygen atoms in total. The number of carboxylic acids is 1. The highest BCUT2D eigenvalue weighted by Gasteiger charge is 2.21. The second-order valence-electron chi connectivity index (χ2n) is 6.05. The van der Waals surface area contributed by atoms with Crippen molar-refractivity contribution in [2.75, 3.05) is 6.54 Å². The summed E-state index contributed by atoms with van der Waals surface area (Å²) in [5.74, 6) is -1.86. The number of amides is 2. The summed E-state index contributed by atoms with van der Waals surface area (Å²) in [4.78, 5) is 38.1. The summed E-state index contributed by atoms with van der Waals surface area (Å²) < 4.78 is 0. The number of aromatic nitrogens is 1. The lowest BCUT2D eigenvalue weighted by Crippen LogP contribution is -2.46. The van der Waals surface area contributed by atoms with Crippen LogP contribution in [0.3, 0.4) is 0 Å². The number of carbonyl (C=O) groups excluding carboxylic acids is 2. The lowest BCUT2D eigenvalue weighted by molar-refractivity contribution is -0.142. The van der Waals surface area contributed by atoms with Crippen LogP contribution in [-0.4, -0.2) is 40.5 Å². The predicted molar refractivity (Wildman–Crippen MR) is 89.7 cm³/mol. The van der Waals surface area contributed by atoms with Gasteiger partial charge in [0.1, 0.15) is 6.04 Å². The monoisotopic (exact) mass is 331 g/mol. The minimum atomic E-state index is -1.08. The van der Waals surface area contributed by atoms with Crippen molar-refractivity contribution in [3.8, 4) is 0 Å². The summed E-state index contributed by atoms with van der Waals surface area (Å²) in [6.45, 7) is 3.48. The zero-order valence-electron chi connectivity index (χ0n) is 13.6. The number of fused-ring (bicyclic) bond motifs is 1. The number of benzene rings is 1. The van der Waals surface area contributed by atoms with Crippen molar-refractivity contribution in [2.24, 2.45) is 5.92 Å². The maximum absolute atomic E-state index is 12.1. The number of H-pyrrole nitrogens is 1. The molecule has 0 aliphatic carbocycles. The fourth-order valence-corrected chi connectivity index (χ4v) is 2.40. The number of carbonyl (C=O) groups is 3. The smallest absolute Gasteiger partial charge is 0.326 e. The molecule has 0 saturated carbocycles. The number of hydrogen-bond acceptors (Lipinski definition) is 3. The van der Waals surface area contributed by atoms with Gasteiger partial charge in [-0.1, -0.05) is 13.8 Å². The zero-order chi connectivity index (χ0) is 17.7. The van der Waals surface area contributed by atoms with Gasteiger partial charge in [0, 0.05) is 22.7 Å². The molecule has 0 fully saturated rings. The molecule has 0 radical (unpaired) electrons. The minimum absolute atomic E-state index is 0.133. The topological polar surface area (TPSA) is 111 Å². The summed E-state index contributed by atoms with van der Waals surface area (Å²) in [6, 6.07) is 6.06. The molecule has 7 heteroatoms. The van der Waals surface area contributed by atoms with Crippen molar-refractivity contribution in [1.82, 2.24) is 15.6 Å². The van der Waals surface area contributed by atoms with Gasteiger partial charge < -0.3 is 20.7 Å². The van der Waals surface area contributed by atoms with Gasteiger partial charge in [-0.3, -0.25) is 9.59 Å². The molecule has 0 bridgehead atoms. The highest BCUT2D eigenvalue weighted by Crippen LogP contribution is 2.14. The molecule has 0 unspecified atom stereocenters. The molecule has 1 aromatic carbocycles. The Morgan fingerprint density at radius 3 is 2.62 bits per heavy atom. The maximum atomic E-state index is 12.1. The van der Waals surface area contributed by atoms with Crippen LogP contribution in [0.4, 0.5) is 0 Å². The molecule has 2 rings (SSSR count). The van der Waals surface area contributed by atoms with E-state index in [1.165, 1.54) is 0 Å². The third-order valence-electron chi connectivity index (χ3n) is 3.57. The normalized spacial score (nSPS) is 12.1. The quantitative estimate of drug-likeness (QED) is 0.616. The molecule has 1 atom stereocenters. The summed E-state index contributed by atoms with van der Waals surface area (Å²) in [7, 11) is 0. The SMILES string of the molecule is CC(C)C[C@H](NC(=O)CNC(=O)c1ccc2[nH]ccc2c1)C(=O)O. The van der Waals surface area contributed by atoms with E-state index in [1.54, 1.807) is 24.4 Å². The first-order valence-corrected chi connectivity index (χ1v) is 7.74. The van der Waals surface area contributed by atoms with E-state index >= 15 is 0 Å². The van der Waals surface area contributed by atoms with E-state index in [-0.39, 0.29) is 18.4 Å². The first kappa shape index (κ1) is 17.5. The van der Waals surface area contributed by atoms with E-state index in [2.05, 4.69) is 15.6 Å². The van der Waals surface area contributed by atoms with Gasteiger partial charge in [0.25, 0.3) is 5.91 Å². The molecule has 4 N–H and O–H groups in total. The van der Waals surface area contributed by atoms with Crippen LogP contribution in [0.1, 0.15) is 30.6 Å². The van der Waals surface area contributed by atoms with E-state index in [4.69, 9.17) is 5.11 Å². The average Bonchev–Trinajstić information content (AvgIpc) is 2.98. The Bertz CT molecular complexity index is 751. The third kappa shape index (κ3) is 4.58. The van der Waals surface area contributed by atoms with Crippen molar-refractivity contribution in [2.45, 2.75) is 26.3 Å². The fourth-order valence-electron chi connectivity index (χ4n) is 2.40. The van der Waals surface area contributed by atoms with E-state index < -0.39 is 17.9 Å². The zero-order valence-corrected chi connectivity index (χ0v) is 13.6. The van der Waals surface area contributed by atoms with Gasteiger partial charge in [0.2, 0.25) is 5.91 Å².